The van der Waals surface area contributed by atoms with Crippen LogP contribution in [0.2, 0.25) is 0 Å². The van der Waals surface area contributed by atoms with Crippen molar-refractivity contribution in [3.8, 4) is 0 Å². The van der Waals surface area contributed by atoms with E-state index in [-0.39, 0.29) is 17.9 Å². The lowest BCUT2D eigenvalue weighted by atomic mass is 10.1. The molecule has 5 nitrogen and oxygen atoms in total. The van der Waals surface area contributed by atoms with Gasteiger partial charge in [-0.25, -0.2) is 4.98 Å². The van der Waals surface area contributed by atoms with E-state index in [0.29, 0.717) is 25.1 Å². The van der Waals surface area contributed by atoms with Crippen molar-refractivity contribution in [3.63, 3.8) is 0 Å². The average Bonchev–Trinajstić information content (AvgIpc) is 2.77. The molecule has 1 N–H and O–H groups in total. The molecule has 0 aliphatic carbocycles. The first-order chi connectivity index (χ1) is 7.66. The lowest BCUT2D eigenvalue weighted by Gasteiger charge is -2.29. The van der Waals surface area contributed by atoms with Crippen LogP contribution in [0.3, 0.4) is 0 Å². The van der Waals surface area contributed by atoms with E-state index in [1.807, 2.05) is 0 Å². The van der Waals surface area contributed by atoms with Crippen molar-refractivity contribution in [2.45, 2.75) is 18.9 Å². The Balaban J connectivity index is 1.91. The van der Waals surface area contributed by atoms with E-state index in [4.69, 9.17) is 0 Å². The molecule has 16 heavy (non-hydrogen) atoms. The number of piperidine rings is 1. The van der Waals surface area contributed by atoms with E-state index < -0.39 is 0 Å². The van der Waals surface area contributed by atoms with Crippen molar-refractivity contribution in [2.24, 2.45) is 0 Å². The molecule has 1 saturated heterocycles. The van der Waals surface area contributed by atoms with Crippen molar-refractivity contribution < 1.29 is 9.59 Å². The normalized spacial score (nSPS) is 20.9. The number of carbonyl (C=O) groups is 2. The fourth-order valence-corrected chi connectivity index (χ4v) is 2.25. The minimum atomic E-state index is -0.158. The van der Waals surface area contributed by atoms with Crippen molar-refractivity contribution in [1.29, 1.82) is 0 Å². The number of thiazole rings is 1. The fourth-order valence-electron chi connectivity index (χ4n) is 1.71. The fraction of sp³-hybridized carbons (Fsp3) is 0.500. The van der Waals surface area contributed by atoms with Gasteiger partial charge in [0.05, 0.1) is 5.51 Å². The van der Waals surface area contributed by atoms with Gasteiger partial charge in [0.2, 0.25) is 5.91 Å². The molecule has 1 aliphatic rings. The van der Waals surface area contributed by atoms with Crippen LogP contribution < -0.4 is 5.32 Å². The Hall–Kier alpha value is -1.43. The van der Waals surface area contributed by atoms with Gasteiger partial charge in [-0.2, -0.15) is 0 Å². The number of rotatable bonds is 2. The average molecular weight is 239 g/mol. The quantitative estimate of drug-likeness (QED) is 0.817. The largest absolute Gasteiger partial charge is 0.346 e. The molecule has 1 aromatic heterocycles. The van der Waals surface area contributed by atoms with Crippen molar-refractivity contribution in [1.82, 2.24) is 15.2 Å². The first-order valence-corrected chi connectivity index (χ1v) is 6.04. The van der Waals surface area contributed by atoms with Gasteiger partial charge in [0.25, 0.3) is 5.91 Å². The van der Waals surface area contributed by atoms with Crippen molar-refractivity contribution >= 4 is 23.2 Å². The number of hydrogen-bond acceptors (Lipinski definition) is 4. The summed E-state index contributed by atoms with van der Waals surface area (Å²) in [7, 11) is 1.75. The summed E-state index contributed by atoms with van der Waals surface area (Å²) in [6.45, 7) is 0.578. The van der Waals surface area contributed by atoms with Gasteiger partial charge in [-0.05, 0) is 6.42 Å². The zero-order valence-electron chi connectivity index (χ0n) is 8.97. The van der Waals surface area contributed by atoms with Crippen LogP contribution in [0.25, 0.3) is 0 Å². The molecule has 0 saturated carbocycles. The smallest absolute Gasteiger partial charge is 0.271 e. The summed E-state index contributed by atoms with van der Waals surface area (Å²) in [4.78, 5) is 28.5. The van der Waals surface area contributed by atoms with Gasteiger partial charge in [-0.15, -0.1) is 11.3 Å². The molecule has 1 aliphatic heterocycles. The topological polar surface area (TPSA) is 62.3 Å². The number of likely N-dealkylation sites (N-methyl/N-ethyl adjacent to an activating group) is 1. The zero-order chi connectivity index (χ0) is 11.5. The molecule has 1 fully saturated rings. The third kappa shape index (κ3) is 2.38. The van der Waals surface area contributed by atoms with E-state index >= 15 is 0 Å². The molecule has 2 rings (SSSR count). The van der Waals surface area contributed by atoms with Crippen molar-refractivity contribution in [3.05, 3.63) is 16.6 Å². The third-order valence-electron chi connectivity index (χ3n) is 2.63. The molecule has 0 bridgehead atoms. The Kier molecular flexibility index (Phi) is 3.19. The predicted molar refractivity (Wildman–Crippen MR) is 60.2 cm³/mol. The Bertz CT molecular complexity index is 391. The minimum Gasteiger partial charge on any atom is -0.346 e. The first-order valence-electron chi connectivity index (χ1n) is 5.10. The molecule has 0 unspecified atom stereocenters. The molecule has 6 heteroatoms. The Morgan fingerprint density at radius 1 is 1.69 bits per heavy atom. The van der Waals surface area contributed by atoms with Crippen LogP contribution in [0.4, 0.5) is 0 Å². The Labute approximate surface area is 97.5 Å². The number of hydrogen-bond donors (Lipinski definition) is 1. The Morgan fingerprint density at radius 3 is 3.12 bits per heavy atom. The molecule has 1 aromatic rings. The van der Waals surface area contributed by atoms with Crippen LogP contribution in [-0.4, -0.2) is 41.3 Å². The molecule has 1 atom stereocenters. The van der Waals surface area contributed by atoms with Gasteiger partial charge >= 0.3 is 0 Å². The summed E-state index contributed by atoms with van der Waals surface area (Å²) in [5, 5.41) is 4.60. The van der Waals surface area contributed by atoms with E-state index in [0.717, 1.165) is 0 Å². The number of likely N-dealkylation sites (tertiary alicyclic amines) is 1. The van der Waals surface area contributed by atoms with Gasteiger partial charge in [0.15, 0.2) is 0 Å². The number of nitrogens with one attached hydrogen (secondary N) is 1. The van der Waals surface area contributed by atoms with Gasteiger partial charge in [-0.1, -0.05) is 0 Å². The van der Waals surface area contributed by atoms with Gasteiger partial charge in [0.1, 0.15) is 5.69 Å². The van der Waals surface area contributed by atoms with E-state index in [1.165, 1.54) is 11.3 Å². The predicted octanol–water partition coefficient (Wildman–Crippen LogP) is 0.494. The summed E-state index contributed by atoms with van der Waals surface area (Å²) >= 11 is 1.39. The summed E-state index contributed by atoms with van der Waals surface area (Å²) < 4.78 is 0. The molecule has 2 amide bonds. The number of nitrogens with zero attached hydrogens (tertiary/aromatic N) is 2. The summed E-state index contributed by atoms with van der Waals surface area (Å²) in [5.74, 6) is -0.0202. The SMILES string of the molecule is CN1C[C@H](NC(=O)c2cscn2)CCC1=O. The maximum absolute atomic E-state index is 11.7. The van der Waals surface area contributed by atoms with Crippen LogP contribution in [-0.2, 0) is 4.79 Å². The minimum absolute atomic E-state index is 0.0388. The second-order valence-electron chi connectivity index (χ2n) is 3.86. The zero-order valence-corrected chi connectivity index (χ0v) is 9.79. The maximum Gasteiger partial charge on any atom is 0.271 e. The lowest BCUT2D eigenvalue weighted by molar-refractivity contribution is -0.132. The highest BCUT2D eigenvalue weighted by Gasteiger charge is 2.24. The molecule has 2 heterocycles. The highest BCUT2D eigenvalue weighted by molar-refractivity contribution is 7.07. The number of amides is 2. The van der Waals surface area contributed by atoms with Gasteiger partial charge in [0, 0.05) is 31.4 Å². The molecule has 0 radical (unpaired) electrons. The first kappa shape index (κ1) is 11.1. The summed E-state index contributed by atoms with van der Waals surface area (Å²) in [6, 6.07) is 0.0388. The monoisotopic (exact) mass is 239 g/mol. The summed E-state index contributed by atoms with van der Waals surface area (Å²) in [5.41, 5.74) is 2.08. The van der Waals surface area contributed by atoms with Crippen LogP contribution in [0.5, 0.6) is 0 Å². The Morgan fingerprint density at radius 2 is 2.50 bits per heavy atom. The summed E-state index contributed by atoms with van der Waals surface area (Å²) in [6.07, 6.45) is 1.21. The molecule has 0 spiro atoms. The van der Waals surface area contributed by atoms with Crippen molar-refractivity contribution in [2.75, 3.05) is 13.6 Å². The van der Waals surface area contributed by atoms with Crippen LogP contribution in [0.15, 0.2) is 10.9 Å². The van der Waals surface area contributed by atoms with Gasteiger partial charge < -0.3 is 10.2 Å². The van der Waals surface area contributed by atoms with Gasteiger partial charge in [-0.3, -0.25) is 9.59 Å². The van der Waals surface area contributed by atoms with E-state index in [1.54, 1.807) is 22.8 Å². The highest BCUT2D eigenvalue weighted by Crippen LogP contribution is 2.10. The molecule has 0 aromatic carbocycles. The van der Waals surface area contributed by atoms with Crippen LogP contribution >= 0.6 is 11.3 Å². The highest BCUT2D eigenvalue weighted by atomic mass is 32.1. The second-order valence-corrected chi connectivity index (χ2v) is 4.58. The number of aromatic nitrogens is 1. The van der Waals surface area contributed by atoms with Crippen LogP contribution in [0.1, 0.15) is 23.3 Å². The standard InChI is InChI=1S/C10H13N3O2S/c1-13-4-7(2-3-9(13)14)12-10(15)8-5-16-6-11-8/h5-7H,2-4H2,1H3,(H,12,15)/t7-/m1/s1. The number of carbonyl (C=O) groups excluding carboxylic acids is 2. The molecular formula is C10H13N3O2S. The van der Waals surface area contributed by atoms with E-state index in [9.17, 15) is 9.59 Å². The molecule has 86 valence electrons. The van der Waals surface area contributed by atoms with E-state index in [2.05, 4.69) is 10.3 Å². The third-order valence-corrected chi connectivity index (χ3v) is 3.21. The second kappa shape index (κ2) is 4.61. The molecular weight excluding hydrogens is 226 g/mol. The van der Waals surface area contributed by atoms with Crippen LogP contribution in [0, 0.1) is 0 Å². The lowest BCUT2D eigenvalue weighted by Crippen LogP contribution is -2.48. The maximum atomic E-state index is 11.7.